The standard InChI is InChI=1S/C19H16F3N3O3S/c1-3-29-15-5-4-11(28-2)8-12(15)18(27)25-14-7-10(19(20,21)22)6-13-16(14)23-9-24-17(13)26/h4-9H,3H2,1-2H3,(H,25,27)(H,23,24,26). The molecule has 6 nitrogen and oxygen atoms in total. The molecular formula is C19H16F3N3O3S. The summed E-state index contributed by atoms with van der Waals surface area (Å²) in [5, 5.41) is 2.20. The largest absolute Gasteiger partial charge is 0.497 e. The van der Waals surface area contributed by atoms with Gasteiger partial charge in [-0.15, -0.1) is 11.8 Å². The first-order chi connectivity index (χ1) is 13.7. The van der Waals surface area contributed by atoms with Gasteiger partial charge in [-0.2, -0.15) is 13.2 Å². The van der Waals surface area contributed by atoms with Crippen LogP contribution in [0.3, 0.4) is 0 Å². The number of nitrogens with one attached hydrogen (secondary N) is 2. The fourth-order valence-corrected chi connectivity index (χ4v) is 3.51. The van der Waals surface area contributed by atoms with E-state index in [4.69, 9.17) is 4.74 Å². The summed E-state index contributed by atoms with van der Waals surface area (Å²) >= 11 is 1.41. The molecule has 3 rings (SSSR count). The molecule has 2 aromatic carbocycles. The molecule has 1 aromatic heterocycles. The average molecular weight is 423 g/mol. The van der Waals surface area contributed by atoms with Crippen LogP contribution in [0.2, 0.25) is 0 Å². The van der Waals surface area contributed by atoms with E-state index < -0.39 is 23.2 Å². The van der Waals surface area contributed by atoms with Crippen LogP contribution in [0.5, 0.6) is 5.75 Å². The Morgan fingerprint density at radius 3 is 2.69 bits per heavy atom. The van der Waals surface area contributed by atoms with Crippen molar-refractivity contribution >= 4 is 34.3 Å². The number of methoxy groups -OCH3 is 1. The molecule has 0 atom stereocenters. The van der Waals surface area contributed by atoms with Crippen molar-refractivity contribution in [2.75, 3.05) is 18.2 Å². The maximum Gasteiger partial charge on any atom is 0.416 e. The van der Waals surface area contributed by atoms with Gasteiger partial charge in [0.2, 0.25) is 0 Å². The quantitative estimate of drug-likeness (QED) is 0.598. The lowest BCUT2D eigenvalue weighted by molar-refractivity contribution is -0.137. The SMILES string of the molecule is CCSc1ccc(OC)cc1C(=O)Nc1cc(C(F)(F)F)cc2c(=O)[nH]cnc12. The number of ether oxygens (including phenoxy) is 1. The van der Waals surface area contributed by atoms with Crippen LogP contribution in [0.4, 0.5) is 18.9 Å². The minimum Gasteiger partial charge on any atom is -0.497 e. The highest BCUT2D eigenvalue weighted by atomic mass is 32.2. The molecule has 0 spiro atoms. The van der Waals surface area contributed by atoms with Crippen LogP contribution < -0.4 is 15.6 Å². The Hall–Kier alpha value is -3.01. The van der Waals surface area contributed by atoms with Gasteiger partial charge in [0, 0.05) is 4.90 Å². The number of aromatic amines is 1. The van der Waals surface area contributed by atoms with E-state index in [1.807, 2.05) is 6.92 Å². The van der Waals surface area contributed by atoms with Crippen LogP contribution in [0.1, 0.15) is 22.8 Å². The number of anilines is 1. The minimum absolute atomic E-state index is 0.0392. The van der Waals surface area contributed by atoms with Crippen LogP contribution in [-0.2, 0) is 6.18 Å². The second kappa shape index (κ2) is 8.16. The van der Waals surface area contributed by atoms with E-state index in [1.165, 1.54) is 24.9 Å². The normalized spacial score (nSPS) is 11.5. The van der Waals surface area contributed by atoms with Gasteiger partial charge in [0.25, 0.3) is 11.5 Å². The smallest absolute Gasteiger partial charge is 0.416 e. The number of alkyl halides is 3. The highest BCUT2D eigenvalue weighted by molar-refractivity contribution is 7.99. The molecule has 0 aliphatic rings. The molecule has 10 heteroatoms. The Morgan fingerprint density at radius 1 is 1.28 bits per heavy atom. The van der Waals surface area contributed by atoms with Gasteiger partial charge in [-0.25, -0.2) is 4.98 Å². The zero-order chi connectivity index (χ0) is 21.2. The highest BCUT2D eigenvalue weighted by Gasteiger charge is 2.32. The number of carbonyl (C=O) groups excluding carboxylic acids is 1. The first-order valence-electron chi connectivity index (χ1n) is 8.45. The summed E-state index contributed by atoms with van der Waals surface area (Å²) in [4.78, 5) is 31.7. The fraction of sp³-hybridized carbons (Fsp3) is 0.211. The summed E-state index contributed by atoms with van der Waals surface area (Å²) in [5.74, 6) is 0.484. The van der Waals surface area contributed by atoms with Crippen molar-refractivity contribution in [3.63, 3.8) is 0 Å². The van der Waals surface area contributed by atoms with Crippen molar-refractivity contribution in [3.8, 4) is 5.75 Å². The summed E-state index contributed by atoms with van der Waals surface area (Å²) in [6, 6.07) is 6.37. The Labute approximate surface area is 167 Å². The molecule has 0 saturated carbocycles. The molecule has 29 heavy (non-hydrogen) atoms. The van der Waals surface area contributed by atoms with E-state index in [1.54, 1.807) is 12.1 Å². The Bertz CT molecular complexity index is 1130. The maximum atomic E-state index is 13.3. The molecule has 0 saturated heterocycles. The summed E-state index contributed by atoms with van der Waals surface area (Å²) in [6.45, 7) is 1.91. The lowest BCUT2D eigenvalue weighted by Crippen LogP contribution is -2.17. The van der Waals surface area contributed by atoms with Gasteiger partial charge >= 0.3 is 6.18 Å². The summed E-state index contributed by atoms with van der Waals surface area (Å²) < 4.78 is 45.0. The number of benzene rings is 2. The number of hydrogen-bond acceptors (Lipinski definition) is 5. The van der Waals surface area contributed by atoms with Crippen LogP contribution in [0.15, 0.2) is 46.3 Å². The van der Waals surface area contributed by atoms with Crippen molar-refractivity contribution in [1.29, 1.82) is 0 Å². The Morgan fingerprint density at radius 2 is 2.03 bits per heavy atom. The predicted octanol–water partition coefficient (Wildman–Crippen LogP) is 4.31. The molecule has 0 bridgehead atoms. The molecule has 152 valence electrons. The first kappa shape index (κ1) is 20.7. The number of carbonyl (C=O) groups is 1. The molecule has 0 unspecified atom stereocenters. The van der Waals surface area contributed by atoms with E-state index >= 15 is 0 Å². The molecular weight excluding hydrogens is 407 g/mol. The molecule has 3 aromatic rings. The molecule has 1 heterocycles. The molecule has 2 N–H and O–H groups in total. The number of rotatable bonds is 5. The Balaban J connectivity index is 2.12. The number of thioether (sulfide) groups is 1. The molecule has 1 amide bonds. The van der Waals surface area contributed by atoms with Crippen molar-refractivity contribution in [3.05, 3.63) is 58.1 Å². The van der Waals surface area contributed by atoms with Crippen LogP contribution >= 0.6 is 11.8 Å². The summed E-state index contributed by atoms with van der Waals surface area (Å²) in [6.07, 6.45) is -3.63. The van der Waals surface area contributed by atoms with Crippen LogP contribution in [0, 0.1) is 0 Å². The van der Waals surface area contributed by atoms with Gasteiger partial charge in [0.15, 0.2) is 0 Å². The first-order valence-corrected chi connectivity index (χ1v) is 9.44. The maximum absolute atomic E-state index is 13.3. The van der Waals surface area contributed by atoms with Gasteiger partial charge in [-0.3, -0.25) is 9.59 Å². The lowest BCUT2D eigenvalue weighted by atomic mass is 10.1. The lowest BCUT2D eigenvalue weighted by Gasteiger charge is -2.14. The van der Waals surface area contributed by atoms with Gasteiger partial charge in [0.1, 0.15) is 11.3 Å². The van der Waals surface area contributed by atoms with E-state index in [0.29, 0.717) is 22.5 Å². The van der Waals surface area contributed by atoms with Crippen molar-refractivity contribution in [2.24, 2.45) is 0 Å². The van der Waals surface area contributed by atoms with Crippen molar-refractivity contribution in [1.82, 2.24) is 9.97 Å². The number of halogens is 3. The van der Waals surface area contributed by atoms with Gasteiger partial charge < -0.3 is 15.0 Å². The zero-order valence-electron chi connectivity index (χ0n) is 15.4. The monoisotopic (exact) mass is 423 g/mol. The van der Waals surface area contributed by atoms with Gasteiger partial charge in [-0.05, 0) is 36.1 Å². The number of amides is 1. The average Bonchev–Trinajstić information content (AvgIpc) is 2.68. The molecule has 0 radical (unpaired) electrons. The van der Waals surface area contributed by atoms with Crippen molar-refractivity contribution in [2.45, 2.75) is 18.0 Å². The number of hydrogen-bond donors (Lipinski definition) is 2. The topological polar surface area (TPSA) is 84.1 Å². The third-order valence-corrected chi connectivity index (χ3v) is 5.01. The molecule has 0 aliphatic carbocycles. The second-order valence-electron chi connectivity index (χ2n) is 5.90. The van der Waals surface area contributed by atoms with E-state index in [0.717, 1.165) is 12.4 Å². The summed E-state index contributed by atoms with van der Waals surface area (Å²) in [5.41, 5.74) is -1.80. The molecule has 0 fully saturated rings. The van der Waals surface area contributed by atoms with Crippen LogP contribution in [0.25, 0.3) is 10.9 Å². The summed E-state index contributed by atoms with van der Waals surface area (Å²) in [7, 11) is 1.44. The fourth-order valence-electron chi connectivity index (χ4n) is 2.72. The van der Waals surface area contributed by atoms with E-state index in [-0.39, 0.29) is 22.2 Å². The zero-order valence-corrected chi connectivity index (χ0v) is 16.2. The highest BCUT2D eigenvalue weighted by Crippen LogP contribution is 2.34. The minimum atomic E-state index is -4.70. The van der Waals surface area contributed by atoms with Crippen molar-refractivity contribution < 1.29 is 22.7 Å². The third kappa shape index (κ3) is 4.37. The predicted molar refractivity (Wildman–Crippen MR) is 105 cm³/mol. The van der Waals surface area contributed by atoms with E-state index in [9.17, 15) is 22.8 Å². The number of fused-ring (bicyclic) bond motifs is 1. The number of nitrogens with zero attached hydrogens (tertiary/aromatic N) is 1. The van der Waals surface area contributed by atoms with E-state index in [2.05, 4.69) is 15.3 Å². The number of aromatic nitrogens is 2. The molecule has 0 aliphatic heterocycles. The second-order valence-corrected chi connectivity index (χ2v) is 7.20. The Kier molecular flexibility index (Phi) is 5.83. The van der Waals surface area contributed by atoms with Gasteiger partial charge in [0.05, 0.1) is 35.6 Å². The number of H-pyrrole nitrogens is 1. The van der Waals surface area contributed by atoms with Crippen LogP contribution in [-0.4, -0.2) is 28.7 Å². The third-order valence-electron chi connectivity index (χ3n) is 4.05. The van der Waals surface area contributed by atoms with Gasteiger partial charge in [-0.1, -0.05) is 6.92 Å².